The molecular formula is C29H20Cl2N2O6S. The SMILES string of the molecule is O=C1[C@H]2[C@H](ON(c3ccccc3)[C@@H]2c2ccc(OS(=O)(=O)c3ccccc3)cc2)C(=O)N1c1ccc(Cl)c(Cl)c1. The minimum atomic E-state index is -4.03. The molecule has 6 rings (SSSR count). The maximum atomic E-state index is 13.8. The minimum absolute atomic E-state index is 0.0267. The molecule has 0 aliphatic carbocycles. The smallest absolute Gasteiger partial charge is 0.339 e. The van der Waals surface area contributed by atoms with Crippen LogP contribution in [0.25, 0.3) is 0 Å². The average Bonchev–Trinajstić information content (AvgIpc) is 3.47. The first-order valence-corrected chi connectivity index (χ1v) is 14.3. The molecule has 2 aliphatic heterocycles. The van der Waals surface area contributed by atoms with Crippen LogP contribution in [0.3, 0.4) is 0 Å². The van der Waals surface area contributed by atoms with E-state index in [-0.39, 0.29) is 15.7 Å². The standard InChI is InChI=1S/C29H20Cl2N2O6S/c30-23-16-13-20(17-24(23)31)32-28(34)25-26(33(38-27(25)29(32)35)19-7-3-1-4-8-19)18-11-14-21(15-12-18)39-40(36,37)22-9-5-2-6-10-22/h1-17,25-27H/t25-,26-,27+/m1/s1. The van der Waals surface area contributed by atoms with E-state index in [1.165, 1.54) is 36.4 Å². The van der Waals surface area contributed by atoms with Crippen molar-refractivity contribution < 1.29 is 27.0 Å². The molecule has 4 aromatic carbocycles. The van der Waals surface area contributed by atoms with Crippen molar-refractivity contribution in [3.05, 3.63) is 119 Å². The normalized spacial score (nSPS) is 20.6. The zero-order valence-electron chi connectivity index (χ0n) is 20.6. The molecule has 202 valence electrons. The summed E-state index contributed by atoms with van der Waals surface area (Å²) in [6.45, 7) is 0. The number of carbonyl (C=O) groups is 2. The summed E-state index contributed by atoms with van der Waals surface area (Å²) in [6.07, 6.45) is -1.08. The molecule has 2 heterocycles. The molecule has 0 N–H and O–H groups in total. The maximum absolute atomic E-state index is 13.8. The van der Waals surface area contributed by atoms with Gasteiger partial charge in [-0.25, -0.2) is 9.96 Å². The number of hydroxylamine groups is 1. The van der Waals surface area contributed by atoms with Crippen LogP contribution >= 0.6 is 23.2 Å². The van der Waals surface area contributed by atoms with Crippen molar-refractivity contribution in [2.45, 2.75) is 17.0 Å². The van der Waals surface area contributed by atoms with E-state index in [1.54, 1.807) is 41.5 Å². The van der Waals surface area contributed by atoms with Crippen molar-refractivity contribution in [1.29, 1.82) is 0 Å². The third kappa shape index (κ3) is 4.61. The Labute approximate surface area is 240 Å². The zero-order valence-corrected chi connectivity index (χ0v) is 22.9. The van der Waals surface area contributed by atoms with Crippen LogP contribution in [0.5, 0.6) is 5.75 Å². The second kappa shape index (κ2) is 10.3. The molecule has 11 heteroatoms. The number of hydrogen-bond donors (Lipinski definition) is 0. The highest BCUT2D eigenvalue weighted by molar-refractivity contribution is 7.87. The summed E-state index contributed by atoms with van der Waals surface area (Å²) in [6, 6.07) is 27.1. The lowest BCUT2D eigenvalue weighted by Gasteiger charge is -2.29. The molecule has 0 radical (unpaired) electrons. The summed E-state index contributed by atoms with van der Waals surface area (Å²) < 4.78 is 30.6. The number of benzene rings is 4. The fourth-order valence-electron chi connectivity index (χ4n) is 4.91. The minimum Gasteiger partial charge on any atom is -0.379 e. The Balaban J connectivity index is 1.35. The fourth-order valence-corrected chi connectivity index (χ4v) is 6.16. The molecule has 2 fully saturated rings. The van der Waals surface area contributed by atoms with Gasteiger partial charge in [-0.05, 0) is 60.2 Å². The maximum Gasteiger partial charge on any atom is 0.339 e. The highest BCUT2D eigenvalue weighted by atomic mass is 35.5. The Hall–Kier alpha value is -3.89. The number of nitrogens with zero attached hydrogens (tertiary/aromatic N) is 2. The highest BCUT2D eigenvalue weighted by Gasteiger charge is 2.60. The number of carbonyl (C=O) groups excluding carboxylic acids is 2. The van der Waals surface area contributed by atoms with E-state index in [9.17, 15) is 18.0 Å². The van der Waals surface area contributed by atoms with Crippen molar-refractivity contribution in [3.8, 4) is 5.75 Å². The van der Waals surface area contributed by atoms with Gasteiger partial charge in [-0.15, -0.1) is 0 Å². The van der Waals surface area contributed by atoms with Crippen molar-refractivity contribution in [2.24, 2.45) is 5.92 Å². The van der Waals surface area contributed by atoms with E-state index in [0.29, 0.717) is 22.0 Å². The van der Waals surface area contributed by atoms with Gasteiger partial charge in [0.25, 0.3) is 5.91 Å². The molecule has 0 aromatic heterocycles. The van der Waals surface area contributed by atoms with Gasteiger partial charge in [-0.1, -0.05) is 71.7 Å². The highest BCUT2D eigenvalue weighted by Crippen LogP contribution is 2.48. The second-order valence-electron chi connectivity index (χ2n) is 9.19. The Bertz CT molecular complexity index is 1700. The van der Waals surface area contributed by atoms with E-state index in [4.69, 9.17) is 32.2 Å². The van der Waals surface area contributed by atoms with Crippen molar-refractivity contribution in [3.63, 3.8) is 0 Å². The topological polar surface area (TPSA) is 93.2 Å². The molecular weight excluding hydrogens is 575 g/mol. The number of para-hydroxylation sites is 1. The third-order valence-corrected chi connectivity index (χ3v) is 8.75. The monoisotopic (exact) mass is 594 g/mol. The van der Waals surface area contributed by atoms with Gasteiger partial charge in [0.15, 0.2) is 6.10 Å². The van der Waals surface area contributed by atoms with E-state index >= 15 is 0 Å². The quantitative estimate of drug-likeness (QED) is 0.205. The van der Waals surface area contributed by atoms with Crippen LogP contribution in [0, 0.1) is 5.92 Å². The Morgan fingerprint density at radius 2 is 1.38 bits per heavy atom. The lowest BCUT2D eigenvalue weighted by Crippen LogP contribution is -2.37. The van der Waals surface area contributed by atoms with E-state index < -0.39 is 40.0 Å². The van der Waals surface area contributed by atoms with Crippen molar-refractivity contribution in [1.82, 2.24) is 0 Å². The van der Waals surface area contributed by atoms with Gasteiger partial charge in [0, 0.05) is 0 Å². The Kier molecular flexibility index (Phi) is 6.75. The summed E-state index contributed by atoms with van der Waals surface area (Å²) in [4.78, 5) is 34.5. The van der Waals surface area contributed by atoms with Crippen molar-refractivity contribution in [2.75, 3.05) is 9.96 Å². The van der Waals surface area contributed by atoms with Crippen LogP contribution in [0.2, 0.25) is 10.0 Å². The summed E-state index contributed by atoms with van der Waals surface area (Å²) in [5.41, 5.74) is 1.57. The van der Waals surface area contributed by atoms with Crippen LogP contribution in [-0.2, 0) is 24.5 Å². The molecule has 2 amide bonds. The van der Waals surface area contributed by atoms with Crippen molar-refractivity contribution >= 4 is 56.5 Å². The molecule has 0 bridgehead atoms. The number of rotatable bonds is 6. The Morgan fingerprint density at radius 3 is 2.02 bits per heavy atom. The zero-order chi connectivity index (χ0) is 28.0. The first kappa shape index (κ1) is 26.3. The van der Waals surface area contributed by atoms with Crippen LogP contribution in [0.1, 0.15) is 11.6 Å². The van der Waals surface area contributed by atoms with Gasteiger partial charge in [0.1, 0.15) is 16.6 Å². The molecule has 0 saturated carbocycles. The van der Waals surface area contributed by atoms with E-state index in [2.05, 4.69) is 0 Å². The second-order valence-corrected chi connectivity index (χ2v) is 11.5. The molecule has 8 nitrogen and oxygen atoms in total. The molecule has 3 atom stereocenters. The van der Waals surface area contributed by atoms with Gasteiger partial charge < -0.3 is 4.18 Å². The fraction of sp³-hybridized carbons (Fsp3) is 0.103. The number of fused-ring (bicyclic) bond motifs is 1. The lowest BCUT2D eigenvalue weighted by molar-refractivity contribution is -0.126. The van der Waals surface area contributed by atoms with Crippen LogP contribution < -0.4 is 14.1 Å². The number of hydrogen-bond acceptors (Lipinski definition) is 7. The molecule has 0 unspecified atom stereocenters. The number of amides is 2. The molecule has 4 aromatic rings. The molecule has 40 heavy (non-hydrogen) atoms. The van der Waals surface area contributed by atoms with Gasteiger partial charge in [0.2, 0.25) is 5.91 Å². The van der Waals surface area contributed by atoms with Gasteiger partial charge in [-0.3, -0.25) is 14.4 Å². The molecule has 2 saturated heterocycles. The number of halogens is 2. The summed E-state index contributed by atoms with van der Waals surface area (Å²) in [5.74, 6) is -1.77. The molecule has 2 aliphatic rings. The number of anilines is 2. The predicted octanol–water partition coefficient (Wildman–Crippen LogP) is 5.81. The first-order chi connectivity index (χ1) is 19.2. The Morgan fingerprint density at radius 1 is 0.725 bits per heavy atom. The summed E-state index contributed by atoms with van der Waals surface area (Å²) in [7, 11) is -4.03. The van der Waals surface area contributed by atoms with E-state index in [1.807, 2.05) is 30.3 Å². The summed E-state index contributed by atoms with van der Waals surface area (Å²) >= 11 is 12.2. The van der Waals surface area contributed by atoms with Gasteiger partial charge in [0.05, 0.1) is 27.5 Å². The van der Waals surface area contributed by atoms with Gasteiger partial charge in [-0.2, -0.15) is 8.42 Å². The summed E-state index contributed by atoms with van der Waals surface area (Å²) in [5, 5.41) is 2.06. The van der Waals surface area contributed by atoms with E-state index in [0.717, 1.165) is 4.90 Å². The van der Waals surface area contributed by atoms with Crippen LogP contribution in [0.15, 0.2) is 108 Å². The number of imide groups is 1. The lowest BCUT2D eigenvalue weighted by atomic mass is 9.90. The van der Waals surface area contributed by atoms with Gasteiger partial charge >= 0.3 is 10.1 Å². The predicted molar refractivity (Wildman–Crippen MR) is 150 cm³/mol. The first-order valence-electron chi connectivity index (χ1n) is 12.2. The average molecular weight is 595 g/mol. The largest absolute Gasteiger partial charge is 0.379 e. The third-order valence-electron chi connectivity index (χ3n) is 6.75. The van der Waals surface area contributed by atoms with Crippen LogP contribution in [0.4, 0.5) is 11.4 Å². The van der Waals surface area contributed by atoms with Crippen LogP contribution in [-0.4, -0.2) is 26.3 Å². The molecule has 0 spiro atoms.